The first kappa shape index (κ1) is 20.9. The standard InChI is InChI=1S/C19H12Cl2F3N3O2/c20-14-6-5-13(7-15(14)21)26-17(28)9-27-10-25-16(8-18(27)29)11-1-3-12(4-2-11)19(22,23)24/h1-8,10H,9H2,(H,26,28). The van der Waals surface area contributed by atoms with E-state index < -0.39 is 23.2 Å². The van der Waals surface area contributed by atoms with E-state index in [-0.39, 0.29) is 17.3 Å². The SMILES string of the molecule is O=C(Cn1cnc(-c2ccc(C(F)(F)F)cc2)cc1=O)Nc1ccc(Cl)c(Cl)c1. The number of hydrogen-bond acceptors (Lipinski definition) is 3. The van der Waals surface area contributed by atoms with Crippen molar-refractivity contribution >= 4 is 34.8 Å². The van der Waals surface area contributed by atoms with E-state index in [1.54, 1.807) is 6.07 Å². The van der Waals surface area contributed by atoms with Crippen LogP contribution in [0.3, 0.4) is 0 Å². The van der Waals surface area contributed by atoms with Crippen molar-refractivity contribution in [3.63, 3.8) is 0 Å². The Morgan fingerprint density at radius 2 is 1.72 bits per heavy atom. The first-order valence-corrected chi connectivity index (χ1v) is 8.88. The number of nitrogens with zero attached hydrogens (tertiary/aromatic N) is 2. The van der Waals surface area contributed by atoms with Gasteiger partial charge in [-0.3, -0.25) is 14.2 Å². The predicted molar refractivity (Wildman–Crippen MR) is 104 cm³/mol. The molecule has 0 radical (unpaired) electrons. The summed E-state index contributed by atoms with van der Waals surface area (Å²) < 4.78 is 39.0. The fourth-order valence-electron chi connectivity index (χ4n) is 2.46. The maximum Gasteiger partial charge on any atom is 0.416 e. The Kier molecular flexibility index (Phi) is 5.95. The number of aromatic nitrogens is 2. The van der Waals surface area contributed by atoms with Crippen molar-refractivity contribution in [3.05, 3.63) is 80.8 Å². The Morgan fingerprint density at radius 3 is 2.31 bits per heavy atom. The third-order valence-electron chi connectivity index (χ3n) is 3.90. The molecule has 0 saturated carbocycles. The number of anilines is 1. The molecule has 0 unspecified atom stereocenters. The van der Waals surface area contributed by atoms with Gasteiger partial charge in [0.25, 0.3) is 5.56 Å². The molecule has 3 rings (SSSR count). The highest BCUT2D eigenvalue weighted by atomic mass is 35.5. The maximum absolute atomic E-state index is 12.6. The number of rotatable bonds is 4. The van der Waals surface area contributed by atoms with Gasteiger partial charge < -0.3 is 5.32 Å². The minimum atomic E-state index is -4.45. The number of hydrogen-bond donors (Lipinski definition) is 1. The third-order valence-corrected chi connectivity index (χ3v) is 4.64. The Labute approximate surface area is 172 Å². The summed E-state index contributed by atoms with van der Waals surface area (Å²) in [4.78, 5) is 28.4. The summed E-state index contributed by atoms with van der Waals surface area (Å²) in [6.07, 6.45) is -3.29. The van der Waals surface area contributed by atoms with Crippen LogP contribution in [0.25, 0.3) is 11.3 Å². The molecule has 1 amide bonds. The van der Waals surface area contributed by atoms with E-state index in [2.05, 4.69) is 10.3 Å². The molecule has 0 spiro atoms. The summed E-state index contributed by atoms with van der Waals surface area (Å²) >= 11 is 11.7. The normalized spacial score (nSPS) is 11.3. The maximum atomic E-state index is 12.6. The van der Waals surface area contributed by atoms with E-state index in [0.29, 0.717) is 16.3 Å². The van der Waals surface area contributed by atoms with Crippen molar-refractivity contribution in [2.45, 2.75) is 12.7 Å². The quantitative estimate of drug-likeness (QED) is 0.627. The zero-order valence-corrected chi connectivity index (χ0v) is 16.0. The Balaban J connectivity index is 1.73. The van der Waals surface area contributed by atoms with Crippen LogP contribution in [0.4, 0.5) is 18.9 Å². The van der Waals surface area contributed by atoms with E-state index in [1.165, 1.54) is 24.3 Å². The monoisotopic (exact) mass is 441 g/mol. The van der Waals surface area contributed by atoms with E-state index in [0.717, 1.165) is 29.1 Å². The van der Waals surface area contributed by atoms with Gasteiger partial charge in [-0.15, -0.1) is 0 Å². The summed E-state index contributed by atoms with van der Waals surface area (Å²) in [5.74, 6) is -0.491. The average Bonchev–Trinajstić information content (AvgIpc) is 2.66. The molecule has 1 heterocycles. The minimum absolute atomic E-state index is 0.199. The highest BCUT2D eigenvalue weighted by Crippen LogP contribution is 2.30. The predicted octanol–water partition coefficient (Wildman–Crippen LogP) is 4.87. The van der Waals surface area contributed by atoms with Crippen LogP contribution in [0.5, 0.6) is 0 Å². The van der Waals surface area contributed by atoms with Crippen LogP contribution < -0.4 is 10.9 Å². The Hall–Kier alpha value is -2.84. The Bertz CT molecular complexity index is 1110. The first-order chi connectivity index (χ1) is 13.6. The molecule has 3 aromatic rings. The highest BCUT2D eigenvalue weighted by Gasteiger charge is 2.30. The molecule has 0 aliphatic rings. The molecule has 29 heavy (non-hydrogen) atoms. The van der Waals surface area contributed by atoms with Gasteiger partial charge in [0.1, 0.15) is 6.54 Å². The van der Waals surface area contributed by atoms with Crippen molar-refractivity contribution < 1.29 is 18.0 Å². The zero-order valence-electron chi connectivity index (χ0n) is 14.5. The molecular formula is C19H12Cl2F3N3O2. The second-order valence-corrected chi connectivity index (χ2v) is 6.81. The lowest BCUT2D eigenvalue weighted by atomic mass is 10.1. The molecule has 5 nitrogen and oxygen atoms in total. The van der Waals surface area contributed by atoms with Crippen LogP contribution >= 0.6 is 23.2 Å². The van der Waals surface area contributed by atoms with Crippen LogP contribution in [0.1, 0.15) is 5.56 Å². The number of carbonyl (C=O) groups excluding carboxylic acids is 1. The number of carbonyl (C=O) groups is 1. The molecule has 1 N–H and O–H groups in total. The van der Waals surface area contributed by atoms with Crippen LogP contribution in [0.2, 0.25) is 10.0 Å². The molecule has 2 aromatic carbocycles. The molecule has 0 fully saturated rings. The molecule has 0 aliphatic carbocycles. The van der Waals surface area contributed by atoms with Crippen LogP contribution in [-0.2, 0) is 17.5 Å². The molecule has 1 aromatic heterocycles. The summed E-state index contributed by atoms with van der Waals surface area (Å²) in [7, 11) is 0. The van der Waals surface area contributed by atoms with Crippen LogP contribution in [-0.4, -0.2) is 15.5 Å². The van der Waals surface area contributed by atoms with E-state index in [1.807, 2.05) is 0 Å². The van der Waals surface area contributed by atoms with Crippen molar-refractivity contribution in [2.24, 2.45) is 0 Å². The number of halogens is 5. The lowest BCUT2D eigenvalue weighted by molar-refractivity contribution is -0.137. The number of benzene rings is 2. The second kappa shape index (κ2) is 8.26. The zero-order chi connectivity index (χ0) is 21.2. The average molecular weight is 442 g/mol. The molecule has 0 saturated heterocycles. The number of alkyl halides is 3. The molecule has 0 bridgehead atoms. The van der Waals surface area contributed by atoms with Crippen LogP contribution in [0.15, 0.2) is 59.7 Å². The van der Waals surface area contributed by atoms with Gasteiger partial charge in [-0.2, -0.15) is 13.2 Å². The summed E-state index contributed by atoms with van der Waals surface area (Å²) in [5.41, 5.74) is -0.369. The van der Waals surface area contributed by atoms with Gasteiger partial charge in [0, 0.05) is 17.3 Å². The first-order valence-electron chi connectivity index (χ1n) is 8.12. The van der Waals surface area contributed by atoms with Gasteiger partial charge in [-0.1, -0.05) is 35.3 Å². The van der Waals surface area contributed by atoms with Gasteiger partial charge in [0.2, 0.25) is 5.91 Å². The van der Waals surface area contributed by atoms with Crippen molar-refractivity contribution in [2.75, 3.05) is 5.32 Å². The lowest BCUT2D eigenvalue weighted by Crippen LogP contribution is -2.27. The molecule has 150 valence electrons. The summed E-state index contributed by atoms with van der Waals surface area (Å²) in [6, 6.07) is 9.97. The van der Waals surface area contributed by atoms with Gasteiger partial charge in [0.15, 0.2) is 0 Å². The molecular weight excluding hydrogens is 430 g/mol. The molecule has 0 atom stereocenters. The van der Waals surface area contributed by atoms with Crippen molar-refractivity contribution in [3.8, 4) is 11.3 Å². The fourth-order valence-corrected chi connectivity index (χ4v) is 2.76. The van der Waals surface area contributed by atoms with Gasteiger partial charge >= 0.3 is 6.18 Å². The van der Waals surface area contributed by atoms with E-state index in [9.17, 15) is 22.8 Å². The number of amides is 1. The highest BCUT2D eigenvalue weighted by molar-refractivity contribution is 6.42. The minimum Gasteiger partial charge on any atom is -0.324 e. The van der Waals surface area contributed by atoms with Gasteiger partial charge in [-0.25, -0.2) is 4.98 Å². The van der Waals surface area contributed by atoms with Gasteiger partial charge in [-0.05, 0) is 30.3 Å². The summed E-state index contributed by atoms with van der Waals surface area (Å²) in [6.45, 7) is -0.306. The largest absolute Gasteiger partial charge is 0.416 e. The third kappa shape index (κ3) is 5.16. The lowest BCUT2D eigenvalue weighted by Gasteiger charge is -2.09. The van der Waals surface area contributed by atoms with Crippen molar-refractivity contribution in [1.82, 2.24) is 9.55 Å². The molecule has 0 aliphatic heterocycles. The topological polar surface area (TPSA) is 64.0 Å². The molecule has 10 heteroatoms. The van der Waals surface area contributed by atoms with Gasteiger partial charge in [0.05, 0.1) is 27.6 Å². The smallest absolute Gasteiger partial charge is 0.324 e. The van der Waals surface area contributed by atoms with E-state index >= 15 is 0 Å². The Morgan fingerprint density at radius 1 is 1.03 bits per heavy atom. The second-order valence-electron chi connectivity index (χ2n) is 5.99. The fraction of sp³-hybridized carbons (Fsp3) is 0.105. The number of nitrogens with one attached hydrogen (secondary N) is 1. The van der Waals surface area contributed by atoms with E-state index in [4.69, 9.17) is 23.2 Å². The summed E-state index contributed by atoms with van der Waals surface area (Å²) in [5, 5.41) is 3.18. The van der Waals surface area contributed by atoms with Crippen molar-refractivity contribution in [1.29, 1.82) is 0 Å². The van der Waals surface area contributed by atoms with Crippen LogP contribution in [0, 0.1) is 0 Å².